The third-order valence-corrected chi connectivity index (χ3v) is 6.98. The molecule has 0 spiro atoms. The molecular weight excluding hydrogens is 418 g/mol. The first-order chi connectivity index (χ1) is 15.9. The molecule has 0 saturated carbocycles. The molecular formula is C25H33N5O3. The van der Waals surface area contributed by atoms with E-state index in [1.807, 2.05) is 29.2 Å². The number of piperidine rings is 1. The van der Waals surface area contributed by atoms with Crippen molar-refractivity contribution in [2.24, 2.45) is 13.0 Å². The largest absolute Gasteiger partial charge is 0.337 e. The molecule has 0 bridgehead atoms. The Morgan fingerprint density at radius 2 is 1.88 bits per heavy atom. The van der Waals surface area contributed by atoms with E-state index in [0.717, 1.165) is 31.4 Å². The van der Waals surface area contributed by atoms with Gasteiger partial charge in [0.15, 0.2) is 0 Å². The van der Waals surface area contributed by atoms with Crippen molar-refractivity contribution in [2.75, 3.05) is 13.1 Å². The summed E-state index contributed by atoms with van der Waals surface area (Å²) in [5.41, 5.74) is 1.85. The topological polar surface area (TPSA) is 96.3 Å². The van der Waals surface area contributed by atoms with E-state index >= 15 is 0 Å². The van der Waals surface area contributed by atoms with Gasteiger partial charge < -0.3 is 10.2 Å². The van der Waals surface area contributed by atoms with Gasteiger partial charge in [-0.15, -0.1) is 0 Å². The minimum Gasteiger partial charge on any atom is -0.337 e. The van der Waals surface area contributed by atoms with Crippen LogP contribution in [0.2, 0.25) is 0 Å². The van der Waals surface area contributed by atoms with Crippen molar-refractivity contribution in [3.63, 3.8) is 0 Å². The van der Waals surface area contributed by atoms with Gasteiger partial charge in [-0.05, 0) is 56.1 Å². The molecule has 2 N–H and O–H groups in total. The molecule has 8 heteroatoms. The maximum absolute atomic E-state index is 13.1. The molecule has 33 heavy (non-hydrogen) atoms. The van der Waals surface area contributed by atoms with Gasteiger partial charge in [0.1, 0.15) is 11.2 Å². The van der Waals surface area contributed by atoms with Crippen molar-refractivity contribution in [2.45, 2.75) is 57.4 Å². The highest BCUT2D eigenvalue weighted by atomic mass is 16.2. The lowest BCUT2D eigenvalue weighted by Gasteiger charge is -2.40. The number of carbonyl (C=O) groups is 3. The van der Waals surface area contributed by atoms with Gasteiger partial charge in [-0.25, -0.2) is 4.79 Å². The molecule has 2 aliphatic heterocycles. The fourth-order valence-corrected chi connectivity index (χ4v) is 5.23. The first-order valence-corrected chi connectivity index (χ1v) is 11.9. The van der Waals surface area contributed by atoms with Crippen molar-refractivity contribution in [1.82, 2.24) is 25.3 Å². The van der Waals surface area contributed by atoms with Crippen molar-refractivity contribution in [3.05, 3.63) is 53.3 Å². The van der Waals surface area contributed by atoms with Crippen LogP contribution in [0.5, 0.6) is 0 Å². The number of hydrogen-bond donors (Lipinski definition) is 2. The number of amides is 4. The second-order valence-corrected chi connectivity index (χ2v) is 9.18. The van der Waals surface area contributed by atoms with Gasteiger partial charge in [-0.3, -0.25) is 19.6 Å². The number of hydrogen-bond acceptors (Lipinski definition) is 4. The molecule has 2 aliphatic rings. The number of rotatable bonds is 8. The number of aromatic nitrogens is 2. The van der Waals surface area contributed by atoms with E-state index in [4.69, 9.17) is 0 Å². The maximum atomic E-state index is 13.1. The first-order valence-electron chi connectivity index (χ1n) is 11.9. The second-order valence-electron chi connectivity index (χ2n) is 9.18. The predicted molar refractivity (Wildman–Crippen MR) is 125 cm³/mol. The molecule has 2 saturated heterocycles. The summed E-state index contributed by atoms with van der Waals surface area (Å²) in [6, 6.07) is 11.6. The van der Waals surface area contributed by atoms with Crippen LogP contribution in [0.3, 0.4) is 0 Å². The number of urea groups is 1. The number of aryl methyl sites for hydroxylation is 3. The fourth-order valence-electron chi connectivity index (χ4n) is 5.23. The van der Waals surface area contributed by atoms with Crippen molar-refractivity contribution in [1.29, 1.82) is 0 Å². The summed E-state index contributed by atoms with van der Waals surface area (Å²) in [5, 5.41) is 9.86. The third kappa shape index (κ3) is 4.79. The van der Waals surface area contributed by atoms with Crippen LogP contribution in [0.1, 0.15) is 60.8 Å². The zero-order valence-electron chi connectivity index (χ0n) is 19.5. The molecule has 0 radical (unpaired) electrons. The number of benzene rings is 1. The van der Waals surface area contributed by atoms with Crippen LogP contribution in [-0.2, 0) is 24.7 Å². The van der Waals surface area contributed by atoms with Gasteiger partial charge in [-0.1, -0.05) is 43.7 Å². The van der Waals surface area contributed by atoms with Crippen LogP contribution in [0.15, 0.2) is 36.4 Å². The Morgan fingerprint density at radius 3 is 2.52 bits per heavy atom. The second kappa shape index (κ2) is 9.77. The zero-order valence-corrected chi connectivity index (χ0v) is 19.5. The van der Waals surface area contributed by atoms with E-state index in [0.29, 0.717) is 38.0 Å². The molecule has 4 amide bonds. The maximum Gasteiger partial charge on any atom is 0.322 e. The van der Waals surface area contributed by atoms with E-state index in [1.165, 1.54) is 5.56 Å². The third-order valence-electron chi connectivity index (χ3n) is 6.98. The van der Waals surface area contributed by atoms with E-state index < -0.39 is 11.6 Å². The monoisotopic (exact) mass is 451 g/mol. The summed E-state index contributed by atoms with van der Waals surface area (Å²) < 4.78 is 1.66. The highest BCUT2D eigenvalue weighted by Gasteiger charge is 2.51. The number of carbonyl (C=O) groups excluding carboxylic acids is 3. The molecule has 1 atom stereocenters. The predicted octanol–water partition coefficient (Wildman–Crippen LogP) is 2.83. The first kappa shape index (κ1) is 23.0. The lowest BCUT2D eigenvalue weighted by atomic mass is 9.74. The molecule has 3 heterocycles. The SMILES string of the molecule is CCCc1cc(C(=O)N2CCC(C3(CCCc4ccccc4)NC(=O)NC3=O)CC2)n(C)n1. The molecule has 1 aromatic heterocycles. The van der Waals surface area contributed by atoms with Crippen LogP contribution >= 0.6 is 0 Å². The summed E-state index contributed by atoms with van der Waals surface area (Å²) >= 11 is 0. The van der Waals surface area contributed by atoms with Gasteiger partial charge in [0.05, 0.1) is 5.69 Å². The van der Waals surface area contributed by atoms with Crippen LogP contribution in [0.25, 0.3) is 0 Å². The summed E-state index contributed by atoms with van der Waals surface area (Å²) in [6.45, 7) is 3.21. The van der Waals surface area contributed by atoms with E-state index in [2.05, 4.69) is 34.8 Å². The average Bonchev–Trinajstić information content (AvgIpc) is 3.32. The number of imide groups is 1. The fraction of sp³-hybridized carbons (Fsp3) is 0.520. The lowest BCUT2D eigenvalue weighted by molar-refractivity contribution is -0.127. The van der Waals surface area contributed by atoms with Crippen LogP contribution in [0, 0.1) is 5.92 Å². The minimum atomic E-state index is -0.901. The molecule has 4 rings (SSSR count). The Kier molecular flexibility index (Phi) is 6.81. The lowest BCUT2D eigenvalue weighted by Crippen LogP contribution is -2.56. The van der Waals surface area contributed by atoms with Gasteiger partial charge in [0, 0.05) is 20.1 Å². The summed E-state index contributed by atoms with van der Waals surface area (Å²) in [7, 11) is 1.80. The van der Waals surface area contributed by atoms with Crippen molar-refractivity contribution >= 4 is 17.8 Å². The van der Waals surface area contributed by atoms with Gasteiger partial charge in [0.25, 0.3) is 11.8 Å². The van der Waals surface area contributed by atoms with Crippen molar-refractivity contribution < 1.29 is 14.4 Å². The highest BCUT2D eigenvalue weighted by Crippen LogP contribution is 2.35. The summed E-state index contributed by atoms with van der Waals surface area (Å²) in [5.74, 6) is -0.268. The minimum absolute atomic E-state index is 0.00837. The van der Waals surface area contributed by atoms with E-state index in [9.17, 15) is 14.4 Å². The molecule has 8 nitrogen and oxygen atoms in total. The number of likely N-dealkylation sites (tertiary alicyclic amines) is 1. The Balaban J connectivity index is 1.41. The molecule has 1 unspecified atom stereocenters. The number of nitrogens with zero attached hydrogens (tertiary/aromatic N) is 3. The standard InChI is InChI=1S/C25H33N5O3/c1-3-8-20-17-21(29(2)28-20)22(31)30-15-12-19(13-16-30)25(23(32)26-24(33)27-25)14-7-11-18-9-5-4-6-10-18/h4-6,9-10,17,19H,3,7-8,11-16H2,1-2H3,(H2,26,27,32,33). The van der Waals surface area contributed by atoms with Gasteiger partial charge in [-0.2, -0.15) is 5.10 Å². The molecule has 0 aliphatic carbocycles. The Labute approximate surface area is 194 Å². The summed E-state index contributed by atoms with van der Waals surface area (Å²) in [6.07, 6.45) is 5.41. The van der Waals surface area contributed by atoms with Gasteiger partial charge >= 0.3 is 6.03 Å². The molecule has 176 valence electrons. The zero-order chi connectivity index (χ0) is 23.4. The van der Waals surface area contributed by atoms with Gasteiger partial charge in [0.2, 0.25) is 0 Å². The van der Waals surface area contributed by atoms with Crippen LogP contribution in [-0.4, -0.2) is 51.2 Å². The smallest absolute Gasteiger partial charge is 0.322 e. The van der Waals surface area contributed by atoms with Crippen LogP contribution in [0.4, 0.5) is 4.79 Å². The Bertz CT molecular complexity index is 1010. The van der Waals surface area contributed by atoms with E-state index in [1.54, 1.807) is 11.7 Å². The Morgan fingerprint density at radius 1 is 1.15 bits per heavy atom. The van der Waals surface area contributed by atoms with Crippen LogP contribution < -0.4 is 10.6 Å². The molecule has 2 fully saturated rings. The highest BCUT2D eigenvalue weighted by molar-refractivity contribution is 6.07. The Hall–Kier alpha value is -3.16. The molecule has 1 aromatic carbocycles. The molecule has 2 aromatic rings. The quantitative estimate of drug-likeness (QED) is 0.603. The van der Waals surface area contributed by atoms with E-state index in [-0.39, 0.29) is 17.7 Å². The normalized spacial score (nSPS) is 21.2. The number of nitrogens with one attached hydrogen (secondary N) is 2. The van der Waals surface area contributed by atoms with Crippen molar-refractivity contribution in [3.8, 4) is 0 Å². The summed E-state index contributed by atoms with van der Waals surface area (Å²) in [4.78, 5) is 39.9. The average molecular weight is 452 g/mol.